The number of hydrogen-bond donors (Lipinski definition) is 1. The van der Waals surface area contributed by atoms with Crippen molar-refractivity contribution in [3.63, 3.8) is 0 Å². The van der Waals surface area contributed by atoms with E-state index in [1.807, 2.05) is 6.92 Å². The molecule has 0 saturated carbocycles. The molecule has 0 atom stereocenters. The van der Waals surface area contributed by atoms with Crippen molar-refractivity contribution in [1.82, 2.24) is 9.97 Å². The lowest BCUT2D eigenvalue weighted by Gasteiger charge is -1.97. The average Bonchev–Trinajstić information content (AvgIpc) is 2.14. The van der Waals surface area contributed by atoms with Gasteiger partial charge in [-0.3, -0.25) is 4.99 Å². The largest absolute Gasteiger partial charge is 0.412 e. The minimum Gasteiger partial charge on any atom is -0.374 e. The van der Waals surface area contributed by atoms with Gasteiger partial charge in [-0.25, -0.2) is 9.78 Å². The SMILES string of the molecule is CCN=Cc1ccnc(OC(N)=O)n1. The van der Waals surface area contributed by atoms with Crippen LogP contribution in [0.5, 0.6) is 6.01 Å². The molecule has 0 fully saturated rings. The van der Waals surface area contributed by atoms with Crippen LogP contribution in [0.3, 0.4) is 0 Å². The fourth-order valence-electron chi connectivity index (χ4n) is 0.750. The fraction of sp³-hybridized carbons (Fsp3) is 0.250. The van der Waals surface area contributed by atoms with Gasteiger partial charge in [0.2, 0.25) is 0 Å². The van der Waals surface area contributed by atoms with Crippen molar-refractivity contribution in [3.05, 3.63) is 18.0 Å². The first-order valence-corrected chi connectivity index (χ1v) is 4.02. The quantitative estimate of drug-likeness (QED) is 0.704. The smallest absolute Gasteiger partial charge is 0.374 e. The van der Waals surface area contributed by atoms with Crippen molar-refractivity contribution in [2.24, 2.45) is 10.7 Å². The highest BCUT2D eigenvalue weighted by Gasteiger charge is 2.01. The molecule has 1 rings (SSSR count). The van der Waals surface area contributed by atoms with Gasteiger partial charge in [-0.1, -0.05) is 0 Å². The predicted molar refractivity (Wildman–Crippen MR) is 50.4 cm³/mol. The summed E-state index contributed by atoms with van der Waals surface area (Å²) in [6.07, 6.45) is 2.09. The van der Waals surface area contributed by atoms with E-state index < -0.39 is 6.09 Å². The molecule has 1 heterocycles. The van der Waals surface area contributed by atoms with Crippen molar-refractivity contribution in [2.75, 3.05) is 6.54 Å². The molecule has 1 aromatic heterocycles. The summed E-state index contributed by atoms with van der Waals surface area (Å²) in [7, 11) is 0. The molecule has 0 aliphatic carbocycles. The molecule has 0 aliphatic rings. The van der Waals surface area contributed by atoms with Crippen LogP contribution in [0.4, 0.5) is 4.79 Å². The lowest BCUT2D eigenvalue weighted by Crippen LogP contribution is -2.17. The minimum absolute atomic E-state index is 0.0717. The molecule has 1 amide bonds. The van der Waals surface area contributed by atoms with Gasteiger partial charge in [-0.15, -0.1) is 0 Å². The lowest BCUT2D eigenvalue weighted by atomic mass is 10.4. The van der Waals surface area contributed by atoms with E-state index in [4.69, 9.17) is 5.73 Å². The van der Waals surface area contributed by atoms with Crippen molar-refractivity contribution < 1.29 is 9.53 Å². The number of ether oxygens (including phenoxy) is 1. The third-order valence-corrected chi connectivity index (χ3v) is 1.25. The van der Waals surface area contributed by atoms with E-state index in [-0.39, 0.29) is 6.01 Å². The van der Waals surface area contributed by atoms with Gasteiger partial charge < -0.3 is 10.5 Å². The number of aliphatic imine (C=N–C) groups is 1. The topological polar surface area (TPSA) is 90.5 Å². The molecule has 6 nitrogen and oxygen atoms in total. The van der Waals surface area contributed by atoms with E-state index in [0.717, 1.165) is 0 Å². The number of carbonyl (C=O) groups excluding carboxylic acids is 1. The zero-order valence-electron chi connectivity index (χ0n) is 7.67. The van der Waals surface area contributed by atoms with Gasteiger partial charge in [0.25, 0.3) is 0 Å². The van der Waals surface area contributed by atoms with Gasteiger partial charge >= 0.3 is 12.1 Å². The highest BCUT2D eigenvalue weighted by molar-refractivity contribution is 5.77. The van der Waals surface area contributed by atoms with Gasteiger partial charge in [0.1, 0.15) is 0 Å². The highest BCUT2D eigenvalue weighted by atomic mass is 16.6. The molecule has 0 aliphatic heterocycles. The van der Waals surface area contributed by atoms with Gasteiger partial charge in [-0.2, -0.15) is 4.98 Å². The summed E-state index contributed by atoms with van der Waals surface area (Å²) in [4.78, 5) is 21.9. The number of nitrogens with two attached hydrogens (primary N) is 1. The van der Waals surface area contributed by atoms with Crippen molar-refractivity contribution in [2.45, 2.75) is 6.92 Å². The van der Waals surface area contributed by atoms with E-state index >= 15 is 0 Å². The van der Waals surface area contributed by atoms with Gasteiger partial charge in [0.05, 0.1) is 5.69 Å². The molecule has 1 aromatic rings. The van der Waals surface area contributed by atoms with E-state index in [0.29, 0.717) is 12.2 Å². The lowest BCUT2D eigenvalue weighted by molar-refractivity contribution is 0.207. The van der Waals surface area contributed by atoms with Crippen LogP contribution in [0, 0.1) is 0 Å². The summed E-state index contributed by atoms with van der Waals surface area (Å²) in [5, 5.41) is 0. The van der Waals surface area contributed by atoms with E-state index in [9.17, 15) is 4.79 Å². The summed E-state index contributed by atoms with van der Waals surface area (Å²) in [5.74, 6) is 0. The van der Waals surface area contributed by atoms with E-state index in [1.165, 1.54) is 6.20 Å². The Morgan fingerprint density at radius 1 is 1.79 bits per heavy atom. The molecule has 0 unspecified atom stereocenters. The number of aromatic nitrogens is 2. The maximum absolute atomic E-state index is 10.4. The highest BCUT2D eigenvalue weighted by Crippen LogP contribution is 2.00. The Kier molecular flexibility index (Phi) is 3.54. The molecule has 2 N–H and O–H groups in total. The summed E-state index contributed by atoms with van der Waals surface area (Å²) in [6, 6.07) is 1.57. The summed E-state index contributed by atoms with van der Waals surface area (Å²) < 4.78 is 4.49. The molecular weight excluding hydrogens is 184 g/mol. The maximum Gasteiger partial charge on any atom is 0.412 e. The molecule has 0 saturated heterocycles. The molecule has 0 bridgehead atoms. The average molecular weight is 194 g/mol. The van der Waals surface area contributed by atoms with E-state index in [1.54, 1.807) is 12.3 Å². The molecule has 0 aromatic carbocycles. The Balaban J connectivity index is 2.78. The monoisotopic (exact) mass is 194 g/mol. The second-order valence-corrected chi connectivity index (χ2v) is 2.31. The summed E-state index contributed by atoms with van der Waals surface area (Å²) in [6.45, 7) is 2.56. The van der Waals surface area contributed by atoms with Gasteiger partial charge in [0.15, 0.2) is 0 Å². The van der Waals surface area contributed by atoms with Gasteiger partial charge in [-0.05, 0) is 13.0 Å². The number of hydrogen-bond acceptors (Lipinski definition) is 5. The zero-order valence-corrected chi connectivity index (χ0v) is 7.67. The Morgan fingerprint density at radius 2 is 2.57 bits per heavy atom. The maximum atomic E-state index is 10.4. The number of primary amides is 1. The van der Waals surface area contributed by atoms with Crippen LogP contribution in [0.25, 0.3) is 0 Å². The van der Waals surface area contributed by atoms with Crippen LogP contribution in [0.1, 0.15) is 12.6 Å². The third kappa shape index (κ3) is 3.18. The second-order valence-electron chi connectivity index (χ2n) is 2.31. The van der Waals surface area contributed by atoms with Crippen LogP contribution in [0.15, 0.2) is 17.3 Å². The molecule has 6 heteroatoms. The van der Waals surface area contributed by atoms with Gasteiger partial charge in [0, 0.05) is 19.0 Å². The second kappa shape index (κ2) is 4.90. The number of rotatable bonds is 3. The number of nitrogens with zero attached hydrogens (tertiary/aromatic N) is 3. The zero-order chi connectivity index (χ0) is 10.4. The summed E-state index contributed by atoms with van der Waals surface area (Å²) >= 11 is 0. The van der Waals surface area contributed by atoms with Crippen LogP contribution < -0.4 is 10.5 Å². The standard InChI is InChI=1S/C8H10N4O2/c1-2-10-5-6-3-4-11-8(12-6)14-7(9)13/h3-5H,2H2,1H3,(H2,9,13). The van der Waals surface area contributed by atoms with E-state index in [2.05, 4.69) is 19.7 Å². The Bertz CT molecular complexity index is 351. The molecular formula is C8H10N4O2. The van der Waals surface area contributed by atoms with Crippen molar-refractivity contribution in [3.8, 4) is 6.01 Å². The van der Waals surface area contributed by atoms with Crippen LogP contribution >= 0.6 is 0 Å². The normalized spacial score (nSPS) is 10.4. The summed E-state index contributed by atoms with van der Waals surface area (Å²) in [5.41, 5.74) is 5.37. The number of carbonyl (C=O) groups is 1. The molecule has 14 heavy (non-hydrogen) atoms. The first-order chi connectivity index (χ1) is 6.72. The minimum atomic E-state index is -0.936. The first kappa shape index (κ1) is 10.1. The van der Waals surface area contributed by atoms with Crippen molar-refractivity contribution in [1.29, 1.82) is 0 Å². The number of amides is 1. The predicted octanol–water partition coefficient (Wildman–Crippen LogP) is 0.373. The first-order valence-electron chi connectivity index (χ1n) is 4.02. The molecule has 0 radical (unpaired) electrons. The molecule has 74 valence electrons. The van der Waals surface area contributed by atoms with Crippen LogP contribution in [0.2, 0.25) is 0 Å². The van der Waals surface area contributed by atoms with Crippen molar-refractivity contribution >= 4 is 12.3 Å². The third-order valence-electron chi connectivity index (χ3n) is 1.25. The fourth-order valence-corrected chi connectivity index (χ4v) is 0.750. The Hall–Kier alpha value is -1.98. The molecule has 0 spiro atoms. The van der Waals surface area contributed by atoms with Crippen LogP contribution in [-0.4, -0.2) is 28.8 Å². The Labute approximate surface area is 80.8 Å². The Morgan fingerprint density at radius 3 is 3.21 bits per heavy atom. The van der Waals surface area contributed by atoms with Crippen LogP contribution in [-0.2, 0) is 0 Å².